The van der Waals surface area contributed by atoms with E-state index in [-0.39, 0.29) is 11.8 Å². The maximum absolute atomic E-state index is 11.5. The van der Waals surface area contributed by atoms with Crippen LogP contribution in [0.5, 0.6) is 0 Å². The second-order valence-electron chi connectivity index (χ2n) is 4.72. The fraction of sp³-hybridized carbons (Fsp3) is 0.286. The molecule has 1 aliphatic heterocycles. The molecule has 0 spiro atoms. The lowest BCUT2D eigenvalue weighted by Crippen LogP contribution is -2.33. The summed E-state index contributed by atoms with van der Waals surface area (Å²) in [6.45, 7) is 0.807. The number of amides is 2. The van der Waals surface area contributed by atoms with Crippen LogP contribution in [0.4, 0.5) is 5.82 Å². The van der Waals surface area contributed by atoms with Crippen LogP contribution < -0.4 is 5.32 Å². The predicted octanol–water partition coefficient (Wildman–Crippen LogP) is 1.95. The van der Waals surface area contributed by atoms with Gasteiger partial charge in [0.2, 0.25) is 11.8 Å². The molecule has 2 aromatic heterocycles. The fourth-order valence-electron chi connectivity index (χ4n) is 2.33. The number of rotatable bonds is 4. The Balaban J connectivity index is 1.73. The van der Waals surface area contributed by atoms with Crippen LogP contribution in [0.1, 0.15) is 12.8 Å². The topological polar surface area (TPSA) is 75.2 Å². The zero-order chi connectivity index (χ0) is 14.8. The lowest BCUT2D eigenvalue weighted by Gasteiger charge is -2.15. The van der Waals surface area contributed by atoms with Crippen molar-refractivity contribution >= 4 is 44.5 Å². The number of pyridine rings is 2. The number of imide groups is 1. The van der Waals surface area contributed by atoms with Crippen LogP contribution in [0.2, 0.25) is 0 Å². The van der Waals surface area contributed by atoms with Crippen molar-refractivity contribution in [2.45, 2.75) is 12.8 Å². The molecule has 0 saturated carbocycles. The molecule has 0 atom stereocenters. The summed E-state index contributed by atoms with van der Waals surface area (Å²) in [7, 11) is 0. The van der Waals surface area contributed by atoms with Gasteiger partial charge in [-0.15, -0.1) is 0 Å². The number of nitrogens with zero attached hydrogens (tertiary/aromatic N) is 3. The maximum atomic E-state index is 11.5. The van der Waals surface area contributed by atoms with E-state index in [9.17, 15) is 9.59 Å². The van der Waals surface area contributed by atoms with E-state index in [1.807, 2.05) is 12.1 Å². The first-order valence-corrected chi connectivity index (χ1v) is 7.42. The van der Waals surface area contributed by atoms with Gasteiger partial charge in [-0.3, -0.25) is 19.5 Å². The minimum Gasteiger partial charge on any atom is -0.366 e. The van der Waals surface area contributed by atoms with E-state index in [0.717, 1.165) is 15.4 Å². The highest BCUT2D eigenvalue weighted by molar-refractivity contribution is 9.10. The number of fused-ring (bicyclic) bond motifs is 1. The van der Waals surface area contributed by atoms with E-state index in [0.29, 0.717) is 31.7 Å². The molecular formula is C14H13BrN4O2. The zero-order valence-corrected chi connectivity index (χ0v) is 12.8. The Morgan fingerprint density at radius 3 is 2.76 bits per heavy atom. The van der Waals surface area contributed by atoms with Crippen molar-refractivity contribution in [3.05, 3.63) is 29.0 Å². The van der Waals surface area contributed by atoms with Crippen molar-refractivity contribution in [3.63, 3.8) is 0 Å². The number of likely N-dealkylation sites (tertiary alicyclic amines) is 1. The Hall–Kier alpha value is -2.02. The fourth-order valence-corrected chi connectivity index (χ4v) is 2.75. The van der Waals surface area contributed by atoms with Gasteiger partial charge in [0.05, 0.1) is 0 Å². The molecule has 0 bridgehead atoms. The largest absolute Gasteiger partial charge is 0.366 e. The Kier molecular flexibility index (Phi) is 3.83. The Morgan fingerprint density at radius 2 is 2.00 bits per heavy atom. The van der Waals surface area contributed by atoms with Gasteiger partial charge in [-0.05, 0) is 28.1 Å². The van der Waals surface area contributed by atoms with E-state index >= 15 is 0 Å². The van der Waals surface area contributed by atoms with Gasteiger partial charge in [-0.1, -0.05) is 0 Å². The lowest BCUT2D eigenvalue weighted by molar-refractivity contribution is -0.138. The van der Waals surface area contributed by atoms with Crippen molar-refractivity contribution in [2.75, 3.05) is 18.4 Å². The summed E-state index contributed by atoms with van der Waals surface area (Å²) in [6.07, 6.45) is 4.05. The third kappa shape index (κ3) is 2.73. The van der Waals surface area contributed by atoms with Gasteiger partial charge in [0.25, 0.3) is 0 Å². The highest BCUT2D eigenvalue weighted by Crippen LogP contribution is 2.25. The summed E-state index contributed by atoms with van der Waals surface area (Å²) in [5.41, 5.74) is 0.756. The highest BCUT2D eigenvalue weighted by atomic mass is 79.9. The Morgan fingerprint density at radius 1 is 1.24 bits per heavy atom. The number of halogens is 1. The number of nitrogens with one attached hydrogen (secondary N) is 1. The molecular weight excluding hydrogens is 336 g/mol. The van der Waals surface area contributed by atoms with E-state index in [1.165, 1.54) is 4.90 Å². The molecule has 3 rings (SSSR count). The minimum absolute atomic E-state index is 0.103. The van der Waals surface area contributed by atoms with Gasteiger partial charge >= 0.3 is 0 Å². The van der Waals surface area contributed by atoms with Gasteiger partial charge in [0.15, 0.2) is 5.82 Å². The first-order chi connectivity index (χ1) is 10.2. The molecule has 7 heteroatoms. The number of hydrogen-bond acceptors (Lipinski definition) is 5. The number of carbonyl (C=O) groups is 2. The molecule has 1 N–H and O–H groups in total. The minimum atomic E-state index is -0.103. The average Bonchev–Trinajstić information content (AvgIpc) is 2.81. The van der Waals surface area contributed by atoms with E-state index in [1.54, 1.807) is 12.4 Å². The molecule has 0 aromatic carbocycles. The molecule has 2 amide bonds. The molecule has 1 saturated heterocycles. The van der Waals surface area contributed by atoms with E-state index in [2.05, 4.69) is 31.2 Å². The summed E-state index contributed by atoms with van der Waals surface area (Å²) < 4.78 is 0.876. The zero-order valence-electron chi connectivity index (χ0n) is 11.2. The summed E-state index contributed by atoms with van der Waals surface area (Å²) in [6, 6.07) is 3.81. The predicted molar refractivity (Wildman–Crippen MR) is 81.7 cm³/mol. The van der Waals surface area contributed by atoms with Gasteiger partial charge in [0, 0.05) is 48.2 Å². The van der Waals surface area contributed by atoms with Crippen LogP contribution in [0, 0.1) is 0 Å². The van der Waals surface area contributed by atoms with Gasteiger partial charge in [-0.2, -0.15) is 0 Å². The van der Waals surface area contributed by atoms with Crippen LogP contribution in [0.25, 0.3) is 10.9 Å². The number of carbonyl (C=O) groups excluding carboxylic acids is 2. The van der Waals surface area contributed by atoms with Gasteiger partial charge in [-0.25, -0.2) is 4.98 Å². The number of anilines is 1. The number of hydrogen-bond donors (Lipinski definition) is 1. The molecule has 1 aliphatic rings. The first-order valence-electron chi connectivity index (χ1n) is 6.63. The van der Waals surface area contributed by atoms with Crippen molar-refractivity contribution < 1.29 is 9.59 Å². The molecule has 3 heterocycles. The SMILES string of the molecule is O=C1CCC(=O)N1CCNc1ncc(Br)c2cccnc12. The molecule has 21 heavy (non-hydrogen) atoms. The van der Waals surface area contributed by atoms with E-state index in [4.69, 9.17) is 0 Å². The van der Waals surface area contributed by atoms with Crippen LogP contribution in [0.15, 0.2) is 29.0 Å². The van der Waals surface area contributed by atoms with Crippen LogP contribution in [0.3, 0.4) is 0 Å². The highest BCUT2D eigenvalue weighted by Gasteiger charge is 2.28. The second-order valence-corrected chi connectivity index (χ2v) is 5.57. The van der Waals surface area contributed by atoms with Gasteiger partial charge in [0.1, 0.15) is 5.52 Å². The molecule has 0 radical (unpaired) electrons. The molecule has 108 valence electrons. The smallest absolute Gasteiger partial charge is 0.229 e. The lowest BCUT2D eigenvalue weighted by atomic mass is 10.2. The van der Waals surface area contributed by atoms with Crippen molar-refractivity contribution in [1.82, 2.24) is 14.9 Å². The summed E-state index contributed by atoms with van der Waals surface area (Å²) in [4.78, 5) is 33.0. The van der Waals surface area contributed by atoms with Crippen LogP contribution in [-0.4, -0.2) is 39.8 Å². The Bertz CT molecular complexity index is 703. The third-order valence-corrected chi connectivity index (χ3v) is 4.01. The monoisotopic (exact) mass is 348 g/mol. The number of aromatic nitrogens is 2. The van der Waals surface area contributed by atoms with Gasteiger partial charge < -0.3 is 5.32 Å². The second kappa shape index (κ2) is 5.77. The van der Waals surface area contributed by atoms with Crippen LogP contribution >= 0.6 is 15.9 Å². The molecule has 6 nitrogen and oxygen atoms in total. The normalized spacial score (nSPS) is 15.0. The molecule has 0 unspecified atom stereocenters. The van der Waals surface area contributed by atoms with Crippen molar-refractivity contribution in [1.29, 1.82) is 0 Å². The molecule has 2 aromatic rings. The summed E-state index contributed by atoms with van der Waals surface area (Å²) in [5.74, 6) is 0.440. The molecule has 0 aliphatic carbocycles. The van der Waals surface area contributed by atoms with Crippen molar-refractivity contribution in [2.24, 2.45) is 0 Å². The quantitative estimate of drug-likeness (QED) is 0.854. The van der Waals surface area contributed by atoms with E-state index < -0.39 is 0 Å². The first kappa shape index (κ1) is 13.9. The molecule has 1 fully saturated rings. The average molecular weight is 349 g/mol. The standard InChI is InChI=1S/C14H13BrN4O2/c15-10-8-18-14(13-9(10)2-1-5-16-13)17-6-7-19-11(20)3-4-12(19)21/h1-2,5,8H,3-4,6-7H2,(H,17,18). The Labute approximate surface area is 129 Å². The third-order valence-electron chi connectivity index (χ3n) is 3.38. The van der Waals surface area contributed by atoms with Crippen LogP contribution in [-0.2, 0) is 9.59 Å². The van der Waals surface area contributed by atoms with Crippen molar-refractivity contribution in [3.8, 4) is 0 Å². The maximum Gasteiger partial charge on any atom is 0.229 e. The summed E-state index contributed by atoms with van der Waals surface area (Å²) in [5, 5.41) is 4.10. The summed E-state index contributed by atoms with van der Waals surface area (Å²) >= 11 is 3.44.